The quantitative estimate of drug-likeness (QED) is 0.513. The van der Waals surface area contributed by atoms with Crippen LogP contribution in [-0.2, 0) is 13.6 Å². The van der Waals surface area contributed by atoms with E-state index in [9.17, 15) is 9.36 Å². The number of carbonyl (C=O) groups is 1. The van der Waals surface area contributed by atoms with Crippen molar-refractivity contribution in [1.29, 1.82) is 0 Å². The van der Waals surface area contributed by atoms with Crippen LogP contribution in [0, 0.1) is 0 Å². The van der Waals surface area contributed by atoms with Crippen LogP contribution in [0.15, 0.2) is 30.3 Å². The topological polar surface area (TPSA) is 55.8 Å². The van der Waals surface area contributed by atoms with Gasteiger partial charge in [-0.3, -0.25) is 18.2 Å². The lowest BCUT2D eigenvalue weighted by atomic mass is 10.2. The normalized spacial score (nSPS) is 12.7. The highest BCUT2D eigenvalue weighted by Gasteiger charge is 2.46. The van der Waals surface area contributed by atoms with Gasteiger partial charge in [0.15, 0.2) is 8.24 Å². The molecule has 0 aliphatic heterocycles. The summed E-state index contributed by atoms with van der Waals surface area (Å²) in [5, 5.41) is 0. The Hall–Kier alpha value is -0.943. The maximum atomic E-state index is 13.5. The minimum atomic E-state index is -3.74. The number of hydrogen-bond acceptors (Lipinski definition) is 4. The van der Waals surface area contributed by atoms with Gasteiger partial charge in [0.25, 0.3) is 5.91 Å². The standard InChI is InChI=1S/C16H28NO4PSi/c1-13(2)20-22(19,21-14(3)4)17(23(5,6)7)16(18)15-11-9-8-10-12-15/h8-14H,1-7H3. The van der Waals surface area contributed by atoms with Gasteiger partial charge in [-0.15, -0.1) is 0 Å². The zero-order chi connectivity index (χ0) is 17.8. The van der Waals surface area contributed by atoms with Gasteiger partial charge < -0.3 is 0 Å². The van der Waals surface area contributed by atoms with E-state index in [0.717, 1.165) is 0 Å². The molecule has 130 valence electrons. The summed E-state index contributed by atoms with van der Waals surface area (Å²) in [7, 11) is -6.07. The lowest BCUT2D eigenvalue weighted by Crippen LogP contribution is -2.48. The van der Waals surface area contributed by atoms with E-state index in [4.69, 9.17) is 9.05 Å². The maximum absolute atomic E-state index is 13.5. The van der Waals surface area contributed by atoms with Gasteiger partial charge in [-0.1, -0.05) is 37.8 Å². The van der Waals surface area contributed by atoms with E-state index in [-0.39, 0.29) is 18.1 Å². The Morgan fingerprint density at radius 1 is 1.00 bits per heavy atom. The lowest BCUT2D eigenvalue weighted by molar-refractivity contribution is 0.0811. The second-order valence-electron chi connectivity index (χ2n) is 6.93. The average molecular weight is 357 g/mol. The summed E-state index contributed by atoms with van der Waals surface area (Å²) in [5.41, 5.74) is 0.481. The monoisotopic (exact) mass is 357 g/mol. The number of benzene rings is 1. The molecule has 0 heterocycles. The third-order valence-electron chi connectivity index (χ3n) is 2.78. The van der Waals surface area contributed by atoms with Crippen molar-refractivity contribution in [3.8, 4) is 0 Å². The average Bonchev–Trinajstić information content (AvgIpc) is 2.35. The van der Waals surface area contributed by atoms with E-state index in [1.807, 2.05) is 25.7 Å². The van der Waals surface area contributed by atoms with Crippen LogP contribution in [0.4, 0.5) is 0 Å². The minimum absolute atomic E-state index is 0.311. The van der Waals surface area contributed by atoms with Crippen LogP contribution in [0.2, 0.25) is 19.6 Å². The SMILES string of the molecule is CC(C)OP(=O)(OC(C)C)N(C(=O)c1ccccc1)[Si](C)(C)C. The van der Waals surface area contributed by atoms with Crippen molar-refractivity contribution in [3.05, 3.63) is 35.9 Å². The predicted molar refractivity (Wildman–Crippen MR) is 96.0 cm³/mol. The van der Waals surface area contributed by atoms with E-state index in [0.29, 0.717) is 5.56 Å². The summed E-state index contributed by atoms with van der Waals surface area (Å²) >= 11 is 0. The molecule has 0 aliphatic rings. The Morgan fingerprint density at radius 3 is 1.78 bits per heavy atom. The molecule has 1 aromatic carbocycles. The molecule has 0 aromatic heterocycles. The molecule has 0 saturated carbocycles. The smallest absolute Gasteiger partial charge is 0.290 e. The molecule has 0 spiro atoms. The molecule has 23 heavy (non-hydrogen) atoms. The number of amides is 1. The molecule has 0 unspecified atom stereocenters. The Kier molecular flexibility index (Phi) is 6.78. The lowest BCUT2D eigenvalue weighted by Gasteiger charge is -2.39. The van der Waals surface area contributed by atoms with E-state index in [1.54, 1.807) is 52.0 Å². The van der Waals surface area contributed by atoms with Gasteiger partial charge in [0, 0.05) is 5.56 Å². The summed E-state index contributed by atoms with van der Waals surface area (Å²) in [4.78, 5) is 13.0. The van der Waals surface area contributed by atoms with Gasteiger partial charge in [-0.05, 0) is 39.8 Å². The van der Waals surface area contributed by atoms with Crippen LogP contribution in [0.25, 0.3) is 0 Å². The Bertz CT molecular complexity index is 555. The van der Waals surface area contributed by atoms with Crippen molar-refractivity contribution >= 4 is 21.9 Å². The van der Waals surface area contributed by atoms with Crippen LogP contribution in [0.5, 0.6) is 0 Å². The van der Waals surface area contributed by atoms with Crippen molar-refractivity contribution in [2.75, 3.05) is 0 Å². The first-order valence-corrected chi connectivity index (χ1v) is 12.8. The van der Waals surface area contributed by atoms with Crippen LogP contribution < -0.4 is 0 Å². The first-order chi connectivity index (χ1) is 10.5. The molecule has 0 saturated heterocycles. The number of rotatable bonds is 7. The van der Waals surface area contributed by atoms with Gasteiger partial charge in [-0.25, -0.2) is 4.57 Å². The molecule has 5 nitrogen and oxygen atoms in total. The molecular formula is C16H28NO4PSi. The van der Waals surface area contributed by atoms with Crippen LogP contribution in [0.1, 0.15) is 38.1 Å². The Balaban J connectivity index is 3.37. The molecule has 0 aliphatic carbocycles. The predicted octanol–water partition coefficient (Wildman–Crippen LogP) is 4.92. The van der Waals surface area contributed by atoms with Crippen molar-refractivity contribution in [1.82, 2.24) is 4.34 Å². The first-order valence-electron chi connectivity index (χ1n) is 7.84. The highest BCUT2D eigenvalue weighted by molar-refractivity contribution is 7.54. The fraction of sp³-hybridized carbons (Fsp3) is 0.562. The van der Waals surface area contributed by atoms with Crippen LogP contribution in [0.3, 0.4) is 0 Å². The Morgan fingerprint density at radius 2 is 1.43 bits per heavy atom. The van der Waals surface area contributed by atoms with E-state index in [2.05, 4.69) is 0 Å². The molecule has 0 bridgehead atoms. The fourth-order valence-electron chi connectivity index (χ4n) is 2.14. The van der Waals surface area contributed by atoms with Crippen molar-refractivity contribution in [3.63, 3.8) is 0 Å². The van der Waals surface area contributed by atoms with Crippen LogP contribution in [-0.4, -0.2) is 30.7 Å². The van der Waals surface area contributed by atoms with Crippen molar-refractivity contribution in [2.45, 2.75) is 59.5 Å². The molecular weight excluding hydrogens is 329 g/mol. The maximum Gasteiger partial charge on any atom is 0.430 e. The highest BCUT2D eigenvalue weighted by Crippen LogP contribution is 2.56. The summed E-state index contributed by atoms with van der Waals surface area (Å²) < 4.78 is 26.2. The second-order valence-corrected chi connectivity index (χ2v) is 13.9. The van der Waals surface area contributed by atoms with E-state index in [1.165, 1.54) is 4.34 Å². The summed E-state index contributed by atoms with van der Waals surface area (Å²) in [6.45, 7) is 13.0. The fourth-order valence-corrected chi connectivity index (χ4v) is 7.74. The molecule has 1 rings (SSSR count). The van der Waals surface area contributed by atoms with Crippen LogP contribution >= 0.6 is 7.75 Å². The van der Waals surface area contributed by atoms with Gasteiger partial charge in [-0.2, -0.15) is 0 Å². The molecule has 7 heteroatoms. The van der Waals surface area contributed by atoms with Gasteiger partial charge in [0.2, 0.25) is 0 Å². The number of carbonyl (C=O) groups excluding carboxylic acids is 1. The molecule has 0 radical (unpaired) electrons. The zero-order valence-electron chi connectivity index (χ0n) is 15.1. The summed E-state index contributed by atoms with van der Waals surface area (Å²) in [6, 6.07) is 8.83. The zero-order valence-corrected chi connectivity index (χ0v) is 17.0. The number of nitrogens with zero attached hydrogens (tertiary/aromatic N) is 1. The Labute approximate surface area is 140 Å². The van der Waals surface area contributed by atoms with Gasteiger partial charge in [0.1, 0.15) is 0 Å². The minimum Gasteiger partial charge on any atom is -0.290 e. The van der Waals surface area contributed by atoms with Crippen molar-refractivity contribution < 1.29 is 18.4 Å². The molecule has 0 atom stereocenters. The third kappa shape index (κ3) is 5.57. The van der Waals surface area contributed by atoms with Gasteiger partial charge in [0.05, 0.1) is 12.2 Å². The third-order valence-corrected chi connectivity index (χ3v) is 8.84. The molecule has 1 amide bonds. The molecule has 0 fully saturated rings. The summed E-state index contributed by atoms with van der Waals surface area (Å²) in [6.07, 6.45) is -0.635. The second kappa shape index (κ2) is 7.75. The van der Waals surface area contributed by atoms with E-state index >= 15 is 0 Å². The summed E-state index contributed by atoms with van der Waals surface area (Å²) in [5.74, 6) is -0.311. The number of hydrogen-bond donors (Lipinski definition) is 0. The first kappa shape index (κ1) is 20.1. The molecule has 0 N–H and O–H groups in total. The van der Waals surface area contributed by atoms with Gasteiger partial charge >= 0.3 is 7.75 Å². The molecule has 1 aromatic rings. The van der Waals surface area contributed by atoms with Crippen molar-refractivity contribution in [2.24, 2.45) is 0 Å². The highest BCUT2D eigenvalue weighted by atomic mass is 31.2. The largest absolute Gasteiger partial charge is 0.430 e. The van der Waals surface area contributed by atoms with E-state index < -0.39 is 16.0 Å².